The van der Waals surface area contributed by atoms with Crippen LogP contribution in [0, 0.1) is 5.82 Å². The van der Waals surface area contributed by atoms with Crippen LogP contribution in [0.15, 0.2) is 71.8 Å². The third kappa shape index (κ3) is 3.13. The third-order valence-electron chi connectivity index (χ3n) is 3.40. The van der Waals surface area contributed by atoms with E-state index in [1.165, 1.54) is 12.1 Å². The molecule has 1 heterocycles. The highest BCUT2D eigenvalue weighted by Gasteiger charge is 2.16. The van der Waals surface area contributed by atoms with Crippen LogP contribution in [0.25, 0.3) is 22.4 Å². The lowest BCUT2D eigenvalue weighted by atomic mass is 9.99. The van der Waals surface area contributed by atoms with Crippen LogP contribution in [0.5, 0.6) is 0 Å². The zero-order valence-electron chi connectivity index (χ0n) is 12.0. The molecule has 0 fully saturated rings. The average Bonchev–Trinajstić information content (AvgIpc) is 2.54. The first-order valence-electron chi connectivity index (χ1n) is 6.80. The van der Waals surface area contributed by atoms with Gasteiger partial charge in [0.15, 0.2) is 0 Å². The standard InChI is InChI=1S/C17H13FN2O2S/c18-15-11-13(8-9-16(15)23(19,21)22)14-7-4-10-20-17(14)12-5-2-1-3-6-12/h1-11H,(H2,19,21,22). The average molecular weight is 328 g/mol. The van der Waals surface area contributed by atoms with E-state index in [4.69, 9.17) is 5.14 Å². The molecule has 0 bridgehead atoms. The van der Waals surface area contributed by atoms with Crippen LogP contribution in [0.1, 0.15) is 0 Å². The highest BCUT2D eigenvalue weighted by Crippen LogP contribution is 2.31. The molecular weight excluding hydrogens is 315 g/mol. The molecule has 2 aromatic carbocycles. The molecule has 3 aromatic rings. The summed E-state index contributed by atoms with van der Waals surface area (Å²) in [6.45, 7) is 0. The van der Waals surface area contributed by atoms with E-state index in [-0.39, 0.29) is 0 Å². The molecule has 0 radical (unpaired) electrons. The summed E-state index contributed by atoms with van der Waals surface area (Å²) in [4.78, 5) is 3.84. The summed E-state index contributed by atoms with van der Waals surface area (Å²) in [5.41, 5.74) is 2.82. The van der Waals surface area contributed by atoms with Crippen molar-refractivity contribution in [3.05, 3.63) is 72.7 Å². The molecule has 3 rings (SSSR count). The lowest BCUT2D eigenvalue weighted by Crippen LogP contribution is -2.13. The van der Waals surface area contributed by atoms with Gasteiger partial charge in [-0.1, -0.05) is 42.5 Å². The van der Waals surface area contributed by atoms with Gasteiger partial charge in [-0.2, -0.15) is 0 Å². The van der Waals surface area contributed by atoms with E-state index in [1.807, 2.05) is 30.3 Å². The molecule has 0 saturated heterocycles. The molecule has 2 N–H and O–H groups in total. The van der Waals surface area contributed by atoms with E-state index in [9.17, 15) is 12.8 Å². The molecular formula is C17H13FN2O2S. The Balaban J connectivity index is 2.16. The first-order valence-corrected chi connectivity index (χ1v) is 8.34. The number of hydrogen-bond donors (Lipinski definition) is 1. The third-order valence-corrected chi connectivity index (χ3v) is 4.35. The molecule has 0 amide bonds. The Morgan fingerprint density at radius 2 is 1.65 bits per heavy atom. The van der Waals surface area contributed by atoms with Gasteiger partial charge in [0.05, 0.1) is 5.69 Å². The van der Waals surface area contributed by atoms with Gasteiger partial charge in [0.2, 0.25) is 10.0 Å². The number of aromatic nitrogens is 1. The predicted molar refractivity (Wildman–Crippen MR) is 86.4 cm³/mol. The molecule has 23 heavy (non-hydrogen) atoms. The number of nitrogens with two attached hydrogens (primary N) is 1. The lowest BCUT2D eigenvalue weighted by molar-refractivity contribution is 0.568. The monoisotopic (exact) mass is 328 g/mol. The summed E-state index contributed by atoms with van der Waals surface area (Å²) in [7, 11) is -4.09. The van der Waals surface area contributed by atoms with Crippen molar-refractivity contribution in [1.29, 1.82) is 0 Å². The van der Waals surface area contributed by atoms with Crippen molar-refractivity contribution in [2.24, 2.45) is 5.14 Å². The molecule has 0 saturated carbocycles. The summed E-state index contributed by atoms with van der Waals surface area (Å²) < 4.78 is 36.7. The van der Waals surface area contributed by atoms with Gasteiger partial charge in [0.1, 0.15) is 10.7 Å². The minimum absolute atomic E-state index is 0.522. The minimum atomic E-state index is -4.09. The normalized spacial score (nSPS) is 11.4. The maximum absolute atomic E-state index is 14.1. The minimum Gasteiger partial charge on any atom is -0.256 e. The van der Waals surface area contributed by atoms with Gasteiger partial charge in [-0.15, -0.1) is 0 Å². The highest BCUT2D eigenvalue weighted by atomic mass is 32.2. The maximum Gasteiger partial charge on any atom is 0.240 e. The Hall–Kier alpha value is -2.57. The van der Waals surface area contributed by atoms with Gasteiger partial charge in [-0.3, -0.25) is 4.98 Å². The van der Waals surface area contributed by atoms with Crippen molar-refractivity contribution in [2.45, 2.75) is 4.90 Å². The number of sulfonamides is 1. The first-order chi connectivity index (χ1) is 11.0. The van der Waals surface area contributed by atoms with Gasteiger partial charge in [0, 0.05) is 17.3 Å². The Bertz CT molecular complexity index is 957. The van der Waals surface area contributed by atoms with Crippen LogP contribution in [0.3, 0.4) is 0 Å². The smallest absolute Gasteiger partial charge is 0.240 e. The second-order valence-corrected chi connectivity index (χ2v) is 6.49. The topological polar surface area (TPSA) is 73.1 Å². The van der Waals surface area contributed by atoms with Gasteiger partial charge < -0.3 is 0 Å². The SMILES string of the molecule is NS(=O)(=O)c1ccc(-c2cccnc2-c2ccccc2)cc1F. The first kappa shape index (κ1) is 15.3. The molecule has 0 atom stereocenters. The summed E-state index contributed by atoms with van der Waals surface area (Å²) in [6.07, 6.45) is 1.65. The fraction of sp³-hybridized carbons (Fsp3) is 0. The number of halogens is 1. The second-order valence-electron chi connectivity index (χ2n) is 4.96. The van der Waals surface area contributed by atoms with Crippen LogP contribution in [-0.4, -0.2) is 13.4 Å². The summed E-state index contributed by atoms with van der Waals surface area (Å²) in [6, 6.07) is 16.9. The van der Waals surface area contributed by atoms with Crippen molar-refractivity contribution in [2.75, 3.05) is 0 Å². The Morgan fingerprint density at radius 1 is 0.913 bits per heavy atom. The van der Waals surface area contributed by atoms with E-state index in [2.05, 4.69) is 4.98 Å². The van der Waals surface area contributed by atoms with E-state index in [1.54, 1.807) is 18.3 Å². The summed E-state index contributed by atoms with van der Waals surface area (Å²) in [5, 5.41) is 4.99. The number of benzene rings is 2. The van der Waals surface area contributed by atoms with Gasteiger partial charge >= 0.3 is 0 Å². The number of rotatable bonds is 3. The predicted octanol–water partition coefficient (Wildman–Crippen LogP) is 3.20. The molecule has 0 aliphatic rings. The quantitative estimate of drug-likeness (QED) is 0.802. The highest BCUT2D eigenvalue weighted by molar-refractivity contribution is 7.89. The van der Waals surface area contributed by atoms with Crippen LogP contribution in [-0.2, 0) is 10.0 Å². The molecule has 116 valence electrons. The largest absolute Gasteiger partial charge is 0.256 e. The van der Waals surface area contributed by atoms with Gasteiger partial charge in [-0.05, 0) is 23.8 Å². The molecule has 0 spiro atoms. The fourth-order valence-electron chi connectivity index (χ4n) is 2.36. The summed E-state index contributed by atoms with van der Waals surface area (Å²) in [5.74, 6) is -0.882. The van der Waals surface area contributed by atoms with Crippen molar-refractivity contribution in [1.82, 2.24) is 4.98 Å². The molecule has 0 aliphatic heterocycles. The van der Waals surface area contributed by atoms with E-state index in [0.717, 1.165) is 11.6 Å². The number of pyridine rings is 1. The Kier molecular flexibility index (Phi) is 3.94. The Morgan fingerprint density at radius 3 is 2.30 bits per heavy atom. The molecule has 0 unspecified atom stereocenters. The number of nitrogens with zero attached hydrogens (tertiary/aromatic N) is 1. The van der Waals surface area contributed by atoms with Crippen molar-refractivity contribution in [3.8, 4) is 22.4 Å². The number of hydrogen-bond acceptors (Lipinski definition) is 3. The maximum atomic E-state index is 14.1. The van der Waals surface area contributed by atoms with Crippen LogP contribution in [0.4, 0.5) is 4.39 Å². The van der Waals surface area contributed by atoms with Crippen LogP contribution < -0.4 is 5.14 Å². The zero-order valence-corrected chi connectivity index (χ0v) is 12.8. The number of primary sulfonamides is 1. The van der Waals surface area contributed by atoms with Crippen molar-refractivity contribution in [3.63, 3.8) is 0 Å². The van der Waals surface area contributed by atoms with Gasteiger partial charge in [0.25, 0.3) is 0 Å². The van der Waals surface area contributed by atoms with Crippen molar-refractivity contribution < 1.29 is 12.8 Å². The lowest BCUT2D eigenvalue weighted by Gasteiger charge is -2.10. The molecule has 1 aromatic heterocycles. The Labute approximate surface area is 133 Å². The molecule has 0 aliphatic carbocycles. The van der Waals surface area contributed by atoms with Crippen LogP contribution >= 0.6 is 0 Å². The van der Waals surface area contributed by atoms with E-state index < -0.39 is 20.7 Å². The van der Waals surface area contributed by atoms with Crippen molar-refractivity contribution >= 4 is 10.0 Å². The second kappa shape index (κ2) is 5.91. The van der Waals surface area contributed by atoms with Crippen LogP contribution in [0.2, 0.25) is 0 Å². The van der Waals surface area contributed by atoms with Gasteiger partial charge in [-0.25, -0.2) is 17.9 Å². The summed E-state index contributed by atoms with van der Waals surface area (Å²) >= 11 is 0. The van der Waals surface area contributed by atoms with E-state index in [0.29, 0.717) is 16.8 Å². The zero-order chi connectivity index (χ0) is 16.4. The molecule has 4 nitrogen and oxygen atoms in total. The fourth-order valence-corrected chi connectivity index (χ4v) is 2.95. The van der Waals surface area contributed by atoms with E-state index >= 15 is 0 Å². The molecule has 6 heteroatoms.